The van der Waals surface area contributed by atoms with Crippen LogP contribution in [0.15, 0.2) is 23.8 Å². The van der Waals surface area contributed by atoms with Gasteiger partial charge in [0.2, 0.25) is 5.78 Å². The monoisotopic (exact) mass is 371 g/mol. The SMILES string of the molecule is Cc1cc(C(=O)COC(=O)c2sccc2-n2cnnn2)c(C)n1C1CC1. The Morgan fingerprint density at radius 1 is 1.35 bits per heavy atom. The highest BCUT2D eigenvalue weighted by Crippen LogP contribution is 2.38. The van der Waals surface area contributed by atoms with Gasteiger partial charge in [-0.25, -0.2) is 4.79 Å². The Morgan fingerprint density at radius 2 is 2.15 bits per heavy atom. The van der Waals surface area contributed by atoms with E-state index in [4.69, 9.17) is 4.74 Å². The van der Waals surface area contributed by atoms with E-state index >= 15 is 0 Å². The van der Waals surface area contributed by atoms with Crippen LogP contribution in [0.2, 0.25) is 0 Å². The zero-order chi connectivity index (χ0) is 18.3. The van der Waals surface area contributed by atoms with Crippen molar-refractivity contribution in [2.45, 2.75) is 32.7 Å². The number of hydrogen-bond donors (Lipinski definition) is 0. The second-order valence-electron chi connectivity index (χ2n) is 6.27. The first-order valence-corrected chi connectivity index (χ1v) is 9.14. The fourth-order valence-corrected chi connectivity index (χ4v) is 3.91. The molecule has 0 spiro atoms. The number of thiophene rings is 1. The number of nitrogens with zero attached hydrogens (tertiary/aromatic N) is 5. The summed E-state index contributed by atoms with van der Waals surface area (Å²) >= 11 is 1.22. The van der Waals surface area contributed by atoms with Gasteiger partial charge in [0.15, 0.2) is 6.61 Å². The minimum absolute atomic E-state index is 0.195. The van der Waals surface area contributed by atoms with Crippen LogP contribution in [-0.2, 0) is 4.74 Å². The Morgan fingerprint density at radius 3 is 2.85 bits per heavy atom. The lowest BCUT2D eigenvalue weighted by atomic mass is 10.1. The quantitative estimate of drug-likeness (QED) is 0.488. The Hall–Kier alpha value is -2.81. The summed E-state index contributed by atoms with van der Waals surface area (Å²) in [6.07, 6.45) is 3.70. The molecule has 0 radical (unpaired) electrons. The second kappa shape index (κ2) is 6.49. The highest BCUT2D eigenvalue weighted by atomic mass is 32.1. The zero-order valence-corrected chi connectivity index (χ0v) is 15.2. The predicted octanol–water partition coefficient (Wildman–Crippen LogP) is 2.52. The molecule has 3 aromatic rings. The molecule has 1 saturated carbocycles. The minimum Gasteiger partial charge on any atom is -0.453 e. The molecule has 1 aliphatic carbocycles. The lowest BCUT2D eigenvalue weighted by Gasteiger charge is -2.08. The number of carbonyl (C=O) groups excluding carboxylic acids is 2. The minimum atomic E-state index is -0.560. The van der Waals surface area contributed by atoms with Crippen molar-refractivity contribution < 1.29 is 14.3 Å². The summed E-state index contributed by atoms with van der Waals surface area (Å²) in [5.41, 5.74) is 3.16. The average molecular weight is 371 g/mol. The highest BCUT2D eigenvalue weighted by Gasteiger charge is 2.28. The fraction of sp³-hybridized carbons (Fsp3) is 0.353. The Labute approximate surface area is 153 Å². The molecule has 0 atom stereocenters. The fourth-order valence-electron chi connectivity index (χ4n) is 3.14. The topological polar surface area (TPSA) is 91.9 Å². The van der Waals surface area contributed by atoms with Crippen LogP contribution in [0.25, 0.3) is 5.69 Å². The van der Waals surface area contributed by atoms with Gasteiger partial charge in [-0.2, -0.15) is 4.68 Å². The molecule has 3 heterocycles. The summed E-state index contributed by atoms with van der Waals surface area (Å²) in [5, 5.41) is 12.6. The van der Waals surface area contributed by atoms with Gasteiger partial charge >= 0.3 is 5.97 Å². The summed E-state index contributed by atoms with van der Waals surface area (Å²) in [6, 6.07) is 4.11. The third-order valence-corrected chi connectivity index (χ3v) is 5.34. The predicted molar refractivity (Wildman–Crippen MR) is 93.8 cm³/mol. The Kier molecular flexibility index (Phi) is 4.15. The van der Waals surface area contributed by atoms with Gasteiger partial charge in [0.1, 0.15) is 11.2 Å². The normalized spacial score (nSPS) is 13.8. The number of esters is 1. The summed E-state index contributed by atoms with van der Waals surface area (Å²) in [7, 11) is 0. The molecule has 0 aromatic carbocycles. The van der Waals surface area contributed by atoms with Gasteiger partial charge in [-0.1, -0.05) is 0 Å². The first-order chi connectivity index (χ1) is 12.6. The molecular formula is C17H17N5O3S. The molecule has 3 aromatic heterocycles. The third-order valence-electron chi connectivity index (χ3n) is 4.46. The number of aryl methyl sites for hydroxylation is 1. The molecule has 4 rings (SSSR count). The number of aromatic nitrogens is 5. The van der Waals surface area contributed by atoms with Crippen molar-refractivity contribution in [2.75, 3.05) is 6.61 Å². The number of tetrazole rings is 1. The number of rotatable bonds is 6. The number of Topliss-reactive ketones (excluding diaryl/α,β-unsaturated/α-hetero) is 1. The van der Waals surface area contributed by atoms with E-state index < -0.39 is 5.97 Å². The number of ether oxygens (including phenoxy) is 1. The van der Waals surface area contributed by atoms with Gasteiger partial charge in [-0.05, 0) is 54.6 Å². The van der Waals surface area contributed by atoms with Crippen LogP contribution in [0.4, 0.5) is 0 Å². The number of ketones is 1. The van der Waals surface area contributed by atoms with Gasteiger partial charge in [-0.3, -0.25) is 4.79 Å². The molecule has 0 saturated heterocycles. The van der Waals surface area contributed by atoms with Crippen LogP contribution in [0.1, 0.15) is 50.3 Å². The van der Waals surface area contributed by atoms with Crippen LogP contribution in [-0.4, -0.2) is 43.1 Å². The van der Waals surface area contributed by atoms with Crippen LogP contribution in [0.5, 0.6) is 0 Å². The molecule has 26 heavy (non-hydrogen) atoms. The van der Waals surface area contributed by atoms with Crippen LogP contribution in [0.3, 0.4) is 0 Å². The van der Waals surface area contributed by atoms with Gasteiger partial charge in [0, 0.05) is 23.0 Å². The van der Waals surface area contributed by atoms with Gasteiger partial charge in [0.25, 0.3) is 0 Å². The van der Waals surface area contributed by atoms with Gasteiger partial charge in [0.05, 0.1) is 5.69 Å². The maximum absolute atomic E-state index is 12.5. The zero-order valence-electron chi connectivity index (χ0n) is 14.4. The smallest absolute Gasteiger partial charge is 0.351 e. The molecule has 0 bridgehead atoms. The van der Waals surface area contributed by atoms with E-state index in [0.29, 0.717) is 22.2 Å². The van der Waals surface area contributed by atoms with E-state index in [1.54, 1.807) is 11.4 Å². The van der Waals surface area contributed by atoms with Crippen molar-refractivity contribution in [3.05, 3.63) is 45.7 Å². The molecule has 1 fully saturated rings. The van der Waals surface area contributed by atoms with Crippen molar-refractivity contribution in [1.82, 2.24) is 24.8 Å². The highest BCUT2D eigenvalue weighted by molar-refractivity contribution is 7.12. The first-order valence-electron chi connectivity index (χ1n) is 8.26. The van der Waals surface area contributed by atoms with E-state index in [9.17, 15) is 9.59 Å². The van der Waals surface area contributed by atoms with Gasteiger partial charge < -0.3 is 9.30 Å². The van der Waals surface area contributed by atoms with Crippen molar-refractivity contribution in [1.29, 1.82) is 0 Å². The van der Waals surface area contributed by atoms with Crippen molar-refractivity contribution >= 4 is 23.1 Å². The largest absolute Gasteiger partial charge is 0.453 e. The summed E-state index contributed by atoms with van der Waals surface area (Å²) < 4.78 is 8.84. The first kappa shape index (κ1) is 16.6. The molecule has 8 nitrogen and oxygen atoms in total. The van der Waals surface area contributed by atoms with Crippen molar-refractivity contribution in [3.63, 3.8) is 0 Å². The number of hydrogen-bond acceptors (Lipinski definition) is 7. The maximum Gasteiger partial charge on any atom is 0.351 e. The van der Waals surface area contributed by atoms with Crippen LogP contribution < -0.4 is 0 Å². The van der Waals surface area contributed by atoms with E-state index in [2.05, 4.69) is 20.1 Å². The van der Waals surface area contributed by atoms with Gasteiger partial charge in [-0.15, -0.1) is 16.4 Å². The molecule has 9 heteroatoms. The number of carbonyl (C=O) groups is 2. The lowest BCUT2D eigenvalue weighted by Crippen LogP contribution is -2.15. The van der Waals surface area contributed by atoms with E-state index in [-0.39, 0.29) is 12.4 Å². The molecule has 0 amide bonds. The molecule has 0 N–H and O–H groups in total. The summed E-state index contributed by atoms with van der Waals surface area (Å²) in [6.45, 7) is 3.65. The average Bonchev–Trinajstić information content (AvgIpc) is 3.04. The Bertz CT molecular complexity index is 969. The van der Waals surface area contributed by atoms with E-state index in [1.807, 2.05) is 19.9 Å². The van der Waals surface area contributed by atoms with E-state index in [1.165, 1.54) is 22.3 Å². The molecule has 1 aliphatic rings. The lowest BCUT2D eigenvalue weighted by molar-refractivity contribution is 0.0479. The summed E-state index contributed by atoms with van der Waals surface area (Å²) in [4.78, 5) is 25.3. The van der Waals surface area contributed by atoms with Crippen molar-refractivity contribution in [2.24, 2.45) is 0 Å². The van der Waals surface area contributed by atoms with Crippen LogP contribution in [0, 0.1) is 13.8 Å². The van der Waals surface area contributed by atoms with Crippen LogP contribution >= 0.6 is 11.3 Å². The molecule has 0 unspecified atom stereocenters. The third kappa shape index (κ3) is 2.94. The standard InChI is InChI=1S/C17H17N5O3S/c1-10-7-13(11(2)22(10)12-3-4-12)15(23)8-25-17(24)16-14(5-6-26-16)21-9-18-19-20-21/h5-7,9,12H,3-4,8H2,1-2H3. The maximum atomic E-state index is 12.5. The molecular weight excluding hydrogens is 354 g/mol. The second-order valence-corrected chi connectivity index (χ2v) is 7.19. The molecule has 0 aliphatic heterocycles. The van der Waals surface area contributed by atoms with E-state index in [0.717, 1.165) is 24.2 Å². The summed E-state index contributed by atoms with van der Waals surface area (Å²) in [5.74, 6) is -0.756. The van der Waals surface area contributed by atoms with Crippen molar-refractivity contribution in [3.8, 4) is 5.69 Å². The molecule has 134 valence electrons. The Balaban J connectivity index is 1.46.